The molecule has 2 aromatic rings. The molecule has 1 aromatic carbocycles. The van der Waals surface area contributed by atoms with Crippen molar-refractivity contribution in [2.75, 3.05) is 25.5 Å². The molecule has 0 saturated carbocycles. The molecule has 0 aliphatic carbocycles. The minimum atomic E-state index is -0.607. The van der Waals surface area contributed by atoms with Crippen LogP contribution in [0.15, 0.2) is 47.1 Å². The van der Waals surface area contributed by atoms with Crippen LogP contribution < -0.4 is 5.32 Å². The molecule has 1 atom stereocenters. The molecule has 0 radical (unpaired) electrons. The third-order valence-corrected chi connectivity index (χ3v) is 4.85. The van der Waals surface area contributed by atoms with E-state index in [0.29, 0.717) is 24.2 Å². The van der Waals surface area contributed by atoms with Gasteiger partial charge in [-0.25, -0.2) is 0 Å². The molecular weight excluding hydrogens is 370 g/mol. The number of piperidine rings is 1. The molecule has 2 heterocycles. The van der Waals surface area contributed by atoms with Crippen molar-refractivity contribution in [3.63, 3.8) is 0 Å². The van der Waals surface area contributed by atoms with Crippen LogP contribution in [-0.2, 0) is 9.59 Å². The van der Waals surface area contributed by atoms with Gasteiger partial charge in [-0.1, -0.05) is 12.0 Å². The lowest BCUT2D eigenvalue weighted by atomic mass is 10.0. The molecule has 1 fully saturated rings. The number of terminal acetylenes is 1. The number of likely N-dealkylation sites (N-methyl/N-ethyl adjacent to an activating group) is 1. The highest BCUT2D eigenvalue weighted by Crippen LogP contribution is 2.21. The number of nitrogens with one attached hydrogen (secondary N) is 1. The number of benzene rings is 1. The first-order valence-electron chi connectivity index (χ1n) is 9.45. The molecule has 1 aliphatic heterocycles. The molecule has 3 rings (SSSR count). The van der Waals surface area contributed by atoms with Crippen molar-refractivity contribution in [2.24, 2.45) is 0 Å². The second kappa shape index (κ2) is 9.11. The lowest BCUT2D eigenvalue weighted by Crippen LogP contribution is -2.53. The molecule has 1 N–H and O–H groups in total. The Hall–Kier alpha value is -3.53. The topological polar surface area (TPSA) is 82.9 Å². The highest BCUT2D eigenvalue weighted by atomic mass is 16.3. The summed E-state index contributed by atoms with van der Waals surface area (Å²) in [5.41, 5.74) is 1.22. The van der Waals surface area contributed by atoms with Gasteiger partial charge >= 0.3 is 0 Å². The number of amides is 3. The van der Waals surface area contributed by atoms with Crippen LogP contribution in [-0.4, -0.2) is 53.7 Å². The maximum Gasteiger partial charge on any atom is 0.290 e. The summed E-state index contributed by atoms with van der Waals surface area (Å²) in [7, 11) is 1.56. The van der Waals surface area contributed by atoms with Gasteiger partial charge in [0.15, 0.2) is 5.76 Å². The second-order valence-electron chi connectivity index (χ2n) is 6.96. The number of hydrogen-bond donors (Lipinski definition) is 1. The molecule has 7 nitrogen and oxygen atoms in total. The summed E-state index contributed by atoms with van der Waals surface area (Å²) >= 11 is 0. The molecule has 150 valence electrons. The van der Waals surface area contributed by atoms with Gasteiger partial charge < -0.3 is 19.5 Å². The monoisotopic (exact) mass is 393 g/mol. The van der Waals surface area contributed by atoms with Gasteiger partial charge in [0.2, 0.25) is 11.8 Å². The molecule has 1 unspecified atom stereocenters. The molecule has 1 saturated heterocycles. The van der Waals surface area contributed by atoms with Crippen LogP contribution in [0.4, 0.5) is 5.69 Å². The Morgan fingerprint density at radius 3 is 2.83 bits per heavy atom. The van der Waals surface area contributed by atoms with Crippen molar-refractivity contribution < 1.29 is 18.8 Å². The van der Waals surface area contributed by atoms with Gasteiger partial charge in [-0.05, 0) is 49.6 Å². The predicted molar refractivity (Wildman–Crippen MR) is 108 cm³/mol. The average Bonchev–Trinajstić information content (AvgIpc) is 3.27. The van der Waals surface area contributed by atoms with Gasteiger partial charge in [0.25, 0.3) is 5.91 Å². The number of nitrogens with zero attached hydrogens (tertiary/aromatic N) is 2. The lowest BCUT2D eigenvalue weighted by Gasteiger charge is -2.36. The molecule has 7 heteroatoms. The van der Waals surface area contributed by atoms with Gasteiger partial charge in [-0.15, -0.1) is 6.42 Å². The van der Waals surface area contributed by atoms with Crippen LogP contribution in [0.3, 0.4) is 0 Å². The molecule has 0 bridgehead atoms. The molecular formula is C22H23N3O4. The number of rotatable bonds is 5. The van der Waals surface area contributed by atoms with E-state index in [0.717, 1.165) is 12.8 Å². The lowest BCUT2D eigenvalue weighted by molar-refractivity contribution is -0.138. The van der Waals surface area contributed by atoms with E-state index in [2.05, 4.69) is 11.2 Å². The highest BCUT2D eigenvalue weighted by molar-refractivity contribution is 5.98. The highest BCUT2D eigenvalue weighted by Gasteiger charge is 2.35. The van der Waals surface area contributed by atoms with Gasteiger partial charge in [-0.2, -0.15) is 0 Å². The van der Waals surface area contributed by atoms with Crippen molar-refractivity contribution in [1.82, 2.24) is 9.80 Å². The quantitative estimate of drug-likeness (QED) is 0.791. The Bertz CT molecular complexity index is 930. The first kappa shape index (κ1) is 20.2. The Kier molecular flexibility index (Phi) is 6.35. The summed E-state index contributed by atoms with van der Waals surface area (Å²) in [6, 6.07) is 9.54. The van der Waals surface area contributed by atoms with E-state index in [4.69, 9.17) is 10.8 Å². The minimum Gasteiger partial charge on any atom is -0.459 e. The number of carbonyl (C=O) groups excluding carboxylic acids is 3. The third-order valence-electron chi connectivity index (χ3n) is 4.85. The van der Waals surface area contributed by atoms with E-state index in [-0.39, 0.29) is 30.0 Å². The van der Waals surface area contributed by atoms with Crippen LogP contribution in [0.25, 0.3) is 0 Å². The van der Waals surface area contributed by atoms with Crippen molar-refractivity contribution >= 4 is 23.4 Å². The summed E-state index contributed by atoms with van der Waals surface area (Å²) in [5.74, 6) is 1.80. The molecule has 29 heavy (non-hydrogen) atoms. The van der Waals surface area contributed by atoms with Gasteiger partial charge in [-0.3, -0.25) is 14.4 Å². The maximum absolute atomic E-state index is 13.0. The maximum atomic E-state index is 13.0. The van der Waals surface area contributed by atoms with E-state index < -0.39 is 6.04 Å². The van der Waals surface area contributed by atoms with Crippen LogP contribution in [0.2, 0.25) is 0 Å². The van der Waals surface area contributed by atoms with Crippen molar-refractivity contribution in [1.29, 1.82) is 0 Å². The SMILES string of the molecule is C#Cc1cccc(NC(=O)CN(C)C(=O)C2CCCCN2C(=O)c2ccco2)c1. The zero-order valence-electron chi connectivity index (χ0n) is 16.3. The van der Waals surface area contributed by atoms with Crippen molar-refractivity contribution in [3.8, 4) is 12.3 Å². The van der Waals surface area contributed by atoms with Crippen LogP contribution >= 0.6 is 0 Å². The summed E-state index contributed by atoms with van der Waals surface area (Å²) in [6.07, 6.45) is 9.03. The third kappa shape index (κ3) is 4.85. The number of anilines is 1. The zero-order chi connectivity index (χ0) is 20.8. The van der Waals surface area contributed by atoms with E-state index in [1.807, 2.05) is 0 Å². The summed E-state index contributed by atoms with van der Waals surface area (Å²) in [4.78, 5) is 40.9. The Balaban J connectivity index is 1.63. The number of likely N-dealkylation sites (tertiary alicyclic amines) is 1. The fourth-order valence-corrected chi connectivity index (χ4v) is 3.41. The summed E-state index contributed by atoms with van der Waals surface area (Å²) in [6.45, 7) is 0.354. The first-order valence-corrected chi connectivity index (χ1v) is 9.45. The second-order valence-corrected chi connectivity index (χ2v) is 6.96. The molecule has 0 spiro atoms. The largest absolute Gasteiger partial charge is 0.459 e. The van der Waals surface area contributed by atoms with E-state index in [1.165, 1.54) is 16.1 Å². The molecule has 1 aliphatic rings. The number of carbonyl (C=O) groups is 3. The van der Waals surface area contributed by atoms with Crippen LogP contribution in [0, 0.1) is 12.3 Å². The standard InChI is InChI=1S/C22H23N3O4/c1-3-16-8-6-9-17(14-16)23-20(26)15-24(2)21(27)18-10-4-5-12-25(18)22(28)19-11-7-13-29-19/h1,6-9,11,13-14,18H,4-5,10,12,15H2,2H3,(H,23,26). The Morgan fingerprint density at radius 1 is 1.28 bits per heavy atom. The molecule has 1 aromatic heterocycles. The fraction of sp³-hybridized carbons (Fsp3) is 0.318. The van der Waals surface area contributed by atoms with Crippen molar-refractivity contribution in [2.45, 2.75) is 25.3 Å². The normalized spacial score (nSPS) is 16.0. The van der Waals surface area contributed by atoms with Crippen molar-refractivity contribution in [3.05, 3.63) is 54.0 Å². The summed E-state index contributed by atoms with van der Waals surface area (Å²) < 4.78 is 5.19. The number of furan rings is 1. The van der Waals surface area contributed by atoms with E-state index in [1.54, 1.807) is 43.4 Å². The van der Waals surface area contributed by atoms with Gasteiger partial charge in [0, 0.05) is 24.8 Å². The van der Waals surface area contributed by atoms with Gasteiger partial charge in [0.05, 0.1) is 12.8 Å². The molecule has 3 amide bonds. The Morgan fingerprint density at radius 2 is 2.10 bits per heavy atom. The fourth-order valence-electron chi connectivity index (χ4n) is 3.41. The Labute approximate surface area is 169 Å². The van der Waals surface area contributed by atoms with E-state index >= 15 is 0 Å². The predicted octanol–water partition coefficient (Wildman–Crippen LogP) is 2.35. The zero-order valence-corrected chi connectivity index (χ0v) is 16.3. The number of hydrogen-bond acceptors (Lipinski definition) is 4. The van der Waals surface area contributed by atoms with Crippen LogP contribution in [0.5, 0.6) is 0 Å². The van der Waals surface area contributed by atoms with E-state index in [9.17, 15) is 14.4 Å². The average molecular weight is 393 g/mol. The first-order chi connectivity index (χ1) is 14.0. The van der Waals surface area contributed by atoms with Crippen LogP contribution in [0.1, 0.15) is 35.4 Å². The van der Waals surface area contributed by atoms with Gasteiger partial charge in [0.1, 0.15) is 6.04 Å². The minimum absolute atomic E-state index is 0.127. The smallest absolute Gasteiger partial charge is 0.290 e. The summed E-state index contributed by atoms with van der Waals surface area (Å²) in [5, 5.41) is 2.74.